The summed E-state index contributed by atoms with van der Waals surface area (Å²) in [4.78, 5) is 13.7. The number of hydrogen-bond acceptors (Lipinski definition) is 2. The van der Waals surface area contributed by atoms with Crippen LogP contribution in [0.4, 0.5) is 14.9 Å². The molecule has 1 saturated heterocycles. The average molecular weight is 288 g/mol. The molecule has 1 aliphatic rings. The Kier molecular flexibility index (Phi) is 3.60. The molecular weight excluding hydrogens is 271 g/mol. The van der Waals surface area contributed by atoms with Crippen molar-refractivity contribution in [1.82, 2.24) is 14.7 Å². The summed E-state index contributed by atoms with van der Waals surface area (Å²) in [5.41, 5.74) is 1.74. The number of carbonyl (C=O) groups excluding carboxylic acids is 1. The summed E-state index contributed by atoms with van der Waals surface area (Å²) in [7, 11) is 0. The lowest BCUT2D eigenvalue weighted by molar-refractivity contribution is 0.117. The number of urea groups is 1. The van der Waals surface area contributed by atoms with Crippen molar-refractivity contribution in [3.63, 3.8) is 0 Å². The average Bonchev–Trinajstić information content (AvgIpc) is 2.81. The van der Waals surface area contributed by atoms with E-state index >= 15 is 0 Å². The highest BCUT2D eigenvalue weighted by Gasteiger charge is 2.30. The minimum atomic E-state index is -0.313. The number of halogens is 1. The Morgan fingerprint density at radius 3 is 2.71 bits per heavy atom. The van der Waals surface area contributed by atoms with Gasteiger partial charge in [-0.25, -0.2) is 9.18 Å². The van der Waals surface area contributed by atoms with Gasteiger partial charge in [0.1, 0.15) is 5.82 Å². The number of nitrogens with zero attached hydrogens (tertiary/aromatic N) is 3. The van der Waals surface area contributed by atoms with Crippen LogP contribution in [0.25, 0.3) is 0 Å². The van der Waals surface area contributed by atoms with Crippen molar-refractivity contribution < 1.29 is 9.18 Å². The highest BCUT2D eigenvalue weighted by Crippen LogP contribution is 2.19. The number of rotatable bonds is 3. The standard InChI is InChI=1S/C15H17FN4O/c1-11-6-17-20(7-11)10-12-8-19(9-12)15(21)18-14-4-2-13(16)3-5-14/h2-7,12H,8-10H2,1H3,(H,18,21). The van der Waals surface area contributed by atoms with Gasteiger partial charge in [0, 0.05) is 37.4 Å². The number of nitrogens with one attached hydrogen (secondary N) is 1. The molecule has 1 aromatic heterocycles. The highest BCUT2D eigenvalue weighted by atomic mass is 19.1. The smallest absolute Gasteiger partial charge is 0.321 e. The zero-order valence-electron chi connectivity index (χ0n) is 11.8. The molecule has 5 nitrogen and oxygen atoms in total. The Morgan fingerprint density at radius 2 is 2.10 bits per heavy atom. The Morgan fingerprint density at radius 1 is 1.38 bits per heavy atom. The van der Waals surface area contributed by atoms with E-state index < -0.39 is 0 Å². The molecule has 2 heterocycles. The molecule has 110 valence electrons. The van der Waals surface area contributed by atoms with Crippen LogP contribution in [0, 0.1) is 18.7 Å². The van der Waals surface area contributed by atoms with E-state index in [1.54, 1.807) is 17.0 Å². The molecule has 2 aromatic rings. The number of hydrogen-bond donors (Lipinski definition) is 1. The van der Waals surface area contributed by atoms with Gasteiger partial charge in [-0.1, -0.05) is 0 Å². The van der Waals surface area contributed by atoms with E-state index in [2.05, 4.69) is 10.4 Å². The Labute approximate surface area is 122 Å². The third kappa shape index (κ3) is 3.21. The van der Waals surface area contributed by atoms with E-state index in [9.17, 15) is 9.18 Å². The van der Waals surface area contributed by atoms with E-state index in [1.165, 1.54) is 12.1 Å². The highest BCUT2D eigenvalue weighted by molar-refractivity contribution is 5.89. The van der Waals surface area contributed by atoms with Crippen molar-refractivity contribution in [2.24, 2.45) is 5.92 Å². The first-order chi connectivity index (χ1) is 10.1. The normalized spacial score (nSPS) is 14.9. The van der Waals surface area contributed by atoms with Gasteiger partial charge in [-0.3, -0.25) is 4.68 Å². The van der Waals surface area contributed by atoms with E-state index in [-0.39, 0.29) is 11.8 Å². The second-order valence-electron chi connectivity index (χ2n) is 5.45. The van der Waals surface area contributed by atoms with E-state index in [0.717, 1.165) is 12.1 Å². The second kappa shape index (κ2) is 5.55. The molecule has 6 heteroatoms. The van der Waals surface area contributed by atoms with Gasteiger partial charge in [0.15, 0.2) is 0 Å². The lowest BCUT2D eigenvalue weighted by atomic mass is 10.0. The molecule has 0 radical (unpaired) electrons. The van der Waals surface area contributed by atoms with E-state index in [1.807, 2.05) is 24.0 Å². The molecule has 0 atom stereocenters. The van der Waals surface area contributed by atoms with Gasteiger partial charge >= 0.3 is 6.03 Å². The van der Waals surface area contributed by atoms with Crippen LogP contribution in [0.2, 0.25) is 0 Å². The van der Waals surface area contributed by atoms with Crippen LogP contribution in [0.5, 0.6) is 0 Å². The van der Waals surface area contributed by atoms with Gasteiger partial charge in [0.2, 0.25) is 0 Å². The Hall–Kier alpha value is -2.37. The summed E-state index contributed by atoms with van der Waals surface area (Å²) in [6, 6.07) is 5.62. The molecule has 0 spiro atoms. The first-order valence-corrected chi connectivity index (χ1v) is 6.91. The molecule has 0 aliphatic carbocycles. The van der Waals surface area contributed by atoms with Crippen LogP contribution in [0.15, 0.2) is 36.7 Å². The lowest BCUT2D eigenvalue weighted by Crippen LogP contribution is -2.52. The molecule has 0 saturated carbocycles. The first kappa shape index (κ1) is 13.6. The third-order valence-corrected chi connectivity index (χ3v) is 3.55. The zero-order chi connectivity index (χ0) is 14.8. The predicted octanol–water partition coefficient (Wildman–Crippen LogP) is 2.49. The number of anilines is 1. The van der Waals surface area contributed by atoms with E-state index in [0.29, 0.717) is 24.7 Å². The summed E-state index contributed by atoms with van der Waals surface area (Å²) in [6.45, 7) is 4.26. The van der Waals surface area contributed by atoms with Crippen molar-refractivity contribution in [3.8, 4) is 0 Å². The summed E-state index contributed by atoms with van der Waals surface area (Å²) >= 11 is 0. The fourth-order valence-electron chi connectivity index (χ4n) is 2.42. The van der Waals surface area contributed by atoms with Gasteiger partial charge in [0.25, 0.3) is 0 Å². The molecule has 1 fully saturated rings. The minimum Gasteiger partial charge on any atom is -0.324 e. The third-order valence-electron chi connectivity index (χ3n) is 3.55. The van der Waals surface area contributed by atoms with Crippen molar-refractivity contribution in [1.29, 1.82) is 0 Å². The monoisotopic (exact) mass is 288 g/mol. The van der Waals surface area contributed by atoms with Crippen LogP contribution in [0.1, 0.15) is 5.56 Å². The Bertz CT molecular complexity index is 631. The van der Waals surface area contributed by atoms with Crippen LogP contribution in [0.3, 0.4) is 0 Å². The lowest BCUT2D eigenvalue weighted by Gasteiger charge is -2.39. The number of carbonyl (C=O) groups is 1. The largest absolute Gasteiger partial charge is 0.324 e. The van der Waals surface area contributed by atoms with Gasteiger partial charge in [-0.05, 0) is 36.8 Å². The van der Waals surface area contributed by atoms with Crippen molar-refractivity contribution in [2.75, 3.05) is 18.4 Å². The maximum absolute atomic E-state index is 12.8. The van der Waals surface area contributed by atoms with Crippen molar-refractivity contribution in [2.45, 2.75) is 13.5 Å². The molecule has 3 rings (SSSR count). The predicted molar refractivity (Wildman–Crippen MR) is 77.4 cm³/mol. The maximum atomic E-state index is 12.8. The number of benzene rings is 1. The topological polar surface area (TPSA) is 50.2 Å². The second-order valence-corrected chi connectivity index (χ2v) is 5.45. The number of likely N-dealkylation sites (tertiary alicyclic amines) is 1. The molecule has 1 aromatic carbocycles. The fourth-order valence-corrected chi connectivity index (χ4v) is 2.42. The molecule has 1 aliphatic heterocycles. The van der Waals surface area contributed by atoms with Crippen LogP contribution >= 0.6 is 0 Å². The zero-order valence-corrected chi connectivity index (χ0v) is 11.8. The molecule has 2 amide bonds. The summed E-state index contributed by atoms with van der Waals surface area (Å²) in [5.74, 6) is 0.120. The summed E-state index contributed by atoms with van der Waals surface area (Å²) in [6.07, 6.45) is 3.83. The number of aryl methyl sites for hydroxylation is 1. The van der Waals surface area contributed by atoms with Gasteiger partial charge in [-0.15, -0.1) is 0 Å². The molecule has 0 unspecified atom stereocenters. The van der Waals surface area contributed by atoms with Crippen LogP contribution < -0.4 is 5.32 Å². The van der Waals surface area contributed by atoms with Gasteiger partial charge in [-0.2, -0.15) is 5.10 Å². The summed E-state index contributed by atoms with van der Waals surface area (Å²) in [5, 5.41) is 7.00. The number of amides is 2. The molecule has 1 N–H and O–H groups in total. The molecular formula is C15H17FN4O. The van der Waals surface area contributed by atoms with E-state index in [4.69, 9.17) is 0 Å². The SMILES string of the molecule is Cc1cnn(CC2CN(C(=O)Nc3ccc(F)cc3)C2)c1. The van der Waals surface area contributed by atoms with Gasteiger partial charge in [0.05, 0.1) is 6.20 Å². The van der Waals surface area contributed by atoms with Gasteiger partial charge < -0.3 is 10.2 Å². The summed E-state index contributed by atoms with van der Waals surface area (Å²) < 4.78 is 14.7. The first-order valence-electron chi connectivity index (χ1n) is 6.91. The minimum absolute atomic E-state index is 0.144. The maximum Gasteiger partial charge on any atom is 0.321 e. The van der Waals surface area contributed by atoms with Crippen LogP contribution in [-0.2, 0) is 6.54 Å². The van der Waals surface area contributed by atoms with Crippen molar-refractivity contribution >= 4 is 11.7 Å². The Balaban J connectivity index is 1.47. The molecule has 21 heavy (non-hydrogen) atoms. The molecule has 0 bridgehead atoms. The van der Waals surface area contributed by atoms with Crippen LogP contribution in [-0.4, -0.2) is 33.8 Å². The van der Waals surface area contributed by atoms with Crippen molar-refractivity contribution in [3.05, 3.63) is 48.0 Å². The quantitative estimate of drug-likeness (QED) is 0.943. The fraction of sp³-hybridized carbons (Fsp3) is 0.333. The number of aromatic nitrogens is 2.